The number of halogens is 3. The second-order valence-electron chi connectivity index (χ2n) is 8.12. The van der Waals surface area contributed by atoms with E-state index in [1.807, 2.05) is 27.7 Å². The Hall–Kier alpha value is -1.54. The van der Waals surface area contributed by atoms with Gasteiger partial charge in [-0.05, 0) is 51.7 Å². The van der Waals surface area contributed by atoms with Gasteiger partial charge in [-0.1, -0.05) is 6.07 Å². The molecule has 3 rings (SSSR count). The summed E-state index contributed by atoms with van der Waals surface area (Å²) in [5.74, 6) is -4.38. The zero-order valence-electron chi connectivity index (χ0n) is 15.7. The summed E-state index contributed by atoms with van der Waals surface area (Å²) in [6.07, 6.45) is -0.397. The summed E-state index contributed by atoms with van der Waals surface area (Å²) in [4.78, 5) is 13.5. The number of likely N-dealkylation sites (tertiary alicyclic amines) is 1. The Balaban J connectivity index is 1.87. The first kappa shape index (κ1) is 19.2. The molecular formula is C18H23BF3NO3. The van der Waals surface area contributed by atoms with Crippen LogP contribution in [-0.4, -0.2) is 48.1 Å². The normalized spacial score (nSPS) is 23.5. The Labute approximate surface area is 151 Å². The van der Waals surface area contributed by atoms with Crippen LogP contribution in [0.15, 0.2) is 12.1 Å². The highest BCUT2D eigenvalue weighted by atomic mass is 19.3. The minimum Gasteiger partial charge on any atom is -0.399 e. The second kappa shape index (κ2) is 5.99. The summed E-state index contributed by atoms with van der Waals surface area (Å²) in [5, 5.41) is 0. The van der Waals surface area contributed by atoms with Crippen molar-refractivity contribution in [3.05, 3.63) is 29.1 Å². The quantitative estimate of drug-likeness (QED) is 0.753. The number of aryl methyl sites for hydroxylation is 1. The van der Waals surface area contributed by atoms with Crippen LogP contribution in [0.25, 0.3) is 0 Å². The average Bonchev–Trinajstić information content (AvgIpc) is 2.94. The first-order valence-corrected chi connectivity index (χ1v) is 8.66. The van der Waals surface area contributed by atoms with Crippen LogP contribution < -0.4 is 5.46 Å². The summed E-state index contributed by atoms with van der Waals surface area (Å²) in [6, 6.07) is 2.81. The average molecular weight is 369 g/mol. The van der Waals surface area contributed by atoms with Crippen LogP contribution in [0.5, 0.6) is 0 Å². The van der Waals surface area contributed by atoms with Gasteiger partial charge in [-0.3, -0.25) is 4.79 Å². The predicted molar refractivity (Wildman–Crippen MR) is 92.3 cm³/mol. The lowest BCUT2D eigenvalue weighted by Crippen LogP contribution is -2.41. The van der Waals surface area contributed by atoms with Gasteiger partial charge in [-0.2, -0.15) is 0 Å². The molecule has 1 amide bonds. The standard InChI is InChI=1S/C18H23BF3NO3/c1-11-8-12(19-25-16(2,3)17(4,5)26-19)9-13(20)14(11)15(24)23-7-6-18(21,22)10-23/h8-9H,6-7,10H2,1-5H3. The third-order valence-electron chi connectivity index (χ3n) is 5.51. The highest BCUT2D eigenvalue weighted by Gasteiger charge is 2.52. The van der Waals surface area contributed by atoms with E-state index in [-0.39, 0.29) is 12.1 Å². The fourth-order valence-corrected chi connectivity index (χ4v) is 3.22. The second-order valence-corrected chi connectivity index (χ2v) is 8.12. The number of amides is 1. The lowest BCUT2D eigenvalue weighted by molar-refractivity contribution is 0.00578. The molecule has 2 aliphatic heterocycles. The predicted octanol–water partition coefficient (Wildman–Crippen LogP) is 2.91. The van der Waals surface area contributed by atoms with Crippen LogP contribution in [0.3, 0.4) is 0 Å². The van der Waals surface area contributed by atoms with Crippen molar-refractivity contribution >= 4 is 18.5 Å². The van der Waals surface area contributed by atoms with Crippen LogP contribution in [0.4, 0.5) is 13.2 Å². The number of alkyl halides is 2. The Kier molecular flexibility index (Phi) is 4.43. The molecule has 0 spiro atoms. The van der Waals surface area contributed by atoms with E-state index in [4.69, 9.17) is 9.31 Å². The molecule has 8 heteroatoms. The minimum atomic E-state index is -2.91. The van der Waals surface area contributed by atoms with Gasteiger partial charge in [0.2, 0.25) is 0 Å². The van der Waals surface area contributed by atoms with Crippen LogP contribution >= 0.6 is 0 Å². The van der Waals surface area contributed by atoms with Gasteiger partial charge in [0.1, 0.15) is 5.82 Å². The number of carbonyl (C=O) groups excluding carboxylic acids is 1. The highest BCUT2D eigenvalue weighted by molar-refractivity contribution is 6.62. The number of hydrogen-bond acceptors (Lipinski definition) is 3. The highest BCUT2D eigenvalue weighted by Crippen LogP contribution is 2.36. The topological polar surface area (TPSA) is 38.8 Å². The van der Waals surface area contributed by atoms with E-state index >= 15 is 0 Å². The Bertz CT molecular complexity index is 712. The minimum absolute atomic E-state index is 0.0797. The van der Waals surface area contributed by atoms with Gasteiger partial charge in [0.05, 0.1) is 23.3 Å². The van der Waals surface area contributed by atoms with Crippen LogP contribution in [0.2, 0.25) is 0 Å². The number of nitrogens with zero attached hydrogens (tertiary/aromatic N) is 1. The monoisotopic (exact) mass is 369 g/mol. The molecule has 142 valence electrons. The van der Waals surface area contributed by atoms with E-state index < -0.39 is 48.9 Å². The summed E-state index contributed by atoms with van der Waals surface area (Å²) in [6.45, 7) is 8.39. The number of rotatable bonds is 2. The van der Waals surface area contributed by atoms with Crippen LogP contribution in [0, 0.1) is 12.7 Å². The summed E-state index contributed by atoms with van der Waals surface area (Å²) in [7, 11) is -0.756. The van der Waals surface area contributed by atoms with Gasteiger partial charge < -0.3 is 14.2 Å². The number of benzene rings is 1. The van der Waals surface area contributed by atoms with Gasteiger partial charge >= 0.3 is 7.12 Å². The number of hydrogen-bond donors (Lipinski definition) is 0. The van der Waals surface area contributed by atoms with E-state index in [2.05, 4.69) is 0 Å². The zero-order valence-corrected chi connectivity index (χ0v) is 15.7. The van der Waals surface area contributed by atoms with E-state index in [1.54, 1.807) is 13.0 Å². The molecule has 0 bridgehead atoms. The van der Waals surface area contributed by atoms with Gasteiger partial charge in [-0.15, -0.1) is 0 Å². The largest absolute Gasteiger partial charge is 0.494 e. The van der Waals surface area contributed by atoms with E-state index in [0.717, 1.165) is 4.90 Å². The maximum Gasteiger partial charge on any atom is 0.494 e. The van der Waals surface area contributed by atoms with Crippen LogP contribution in [0.1, 0.15) is 50.0 Å². The van der Waals surface area contributed by atoms with Crippen molar-refractivity contribution in [1.82, 2.24) is 4.90 Å². The van der Waals surface area contributed by atoms with Crippen molar-refractivity contribution in [3.8, 4) is 0 Å². The summed E-state index contributed by atoms with van der Waals surface area (Å²) >= 11 is 0. The molecule has 0 unspecified atom stereocenters. The molecule has 2 saturated heterocycles. The fourth-order valence-electron chi connectivity index (χ4n) is 3.22. The van der Waals surface area contributed by atoms with Crippen molar-refractivity contribution in [1.29, 1.82) is 0 Å². The molecule has 2 fully saturated rings. The maximum atomic E-state index is 14.7. The molecule has 0 N–H and O–H groups in total. The van der Waals surface area contributed by atoms with Crippen molar-refractivity contribution in [2.24, 2.45) is 0 Å². The molecule has 0 saturated carbocycles. The third-order valence-corrected chi connectivity index (χ3v) is 5.51. The smallest absolute Gasteiger partial charge is 0.399 e. The summed E-state index contributed by atoms with van der Waals surface area (Å²) in [5.41, 5.74) is -0.491. The van der Waals surface area contributed by atoms with E-state index in [1.165, 1.54) is 6.07 Å². The molecule has 0 aliphatic carbocycles. The third kappa shape index (κ3) is 3.25. The van der Waals surface area contributed by atoms with Gasteiger partial charge in [0, 0.05) is 13.0 Å². The molecule has 0 radical (unpaired) electrons. The molecule has 26 heavy (non-hydrogen) atoms. The van der Waals surface area contributed by atoms with Crippen molar-refractivity contribution in [2.75, 3.05) is 13.1 Å². The molecule has 1 aromatic carbocycles. The first-order chi connectivity index (χ1) is 11.8. The Morgan fingerprint density at radius 3 is 2.19 bits per heavy atom. The molecule has 0 aromatic heterocycles. The zero-order chi connectivity index (χ0) is 19.5. The number of carbonyl (C=O) groups is 1. The molecule has 2 aliphatic rings. The fraction of sp³-hybridized carbons (Fsp3) is 0.611. The van der Waals surface area contributed by atoms with Gasteiger partial charge in [-0.25, -0.2) is 13.2 Å². The van der Waals surface area contributed by atoms with E-state index in [9.17, 15) is 18.0 Å². The molecular weight excluding hydrogens is 346 g/mol. The molecule has 2 heterocycles. The van der Waals surface area contributed by atoms with Crippen molar-refractivity contribution in [2.45, 2.75) is 58.2 Å². The van der Waals surface area contributed by atoms with Gasteiger partial charge in [0.15, 0.2) is 0 Å². The molecule has 1 aromatic rings. The van der Waals surface area contributed by atoms with Gasteiger partial charge in [0.25, 0.3) is 11.8 Å². The lowest BCUT2D eigenvalue weighted by atomic mass is 9.77. The Morgan fingerprint density at radius 2 is 1.73 bits per heavy atom. The SMILES string of the molecule is Cc1cc(B2OC(C)(C)C(C)(C)O2)cc(F)c1C(=O)N1CCC(F)(F)C1. The maximum absolute atomic E-state index is 14.7. The van der Waals surface area contributed by atoms with Crippen LogP contribution in [-0.2, 0) is 9.31 Å². The van der Waals surface area contributed by atoms with Crippen molar-refractivity contribution in [3.63, 3.8) is 0 Å². The molecule has 0 atom stereocenters. The van der Waals surface area contributed by atoms with Crippen molar-refractivity contribution < 1.29 is 27.3 Å². The lowest BCUT2D eigenvalue weighted by Gasteiger charge is -2.32. The Morgan fingerprint density at radius 1 is 1.15 bits per heavy atom. The molecule has 4 nitrogen and oxygen atoms in total. The summed E-state index contributed by atoms with van der Waals surface area (Å²) < 4.78 is 53.2. The van der Waals surface area contributed by atoms with E-state index in [0.29, 0.717) is 11.0 Å². The first-order valence-electron chi connectivity index (χ1n) is 8.66.